The third-order valence-electron chi connectivity index (χ3n) is 5.90. The highest BCUT2D eigenvalue weighted by Gasteiger charge is 2.21. The Hall–Kier alpha value is -4.73. The molecule has 0 saturated heterocycles. The van der Waals surface area contributed by atoms with Crippen molar-refractivity contribution in [1.29, 1.82) is 5.41 Å². The van der Waals surface area contributed by atoms with Crippen LogP contribution in [0.1, 0.15) is 16.7 Å². The molecule has 1 atom stereocenters. The van der Waals surface area contributed by atoms with E-state index in [1.165, 1.54) is 0 Å². The quantitative estimate of drug-likeness (QED) is 0.240. The number of carbonyl (C=O) groups excluding carboxylic acids is 2. The first-order valence-corrected chi connectivity index (χ1v) is 12.0. The van der Waals surface area contributed by atoms with E-state index in [0.29, 0.717) is 35.0 Å². The van der Waals surface area contributed by atoms with Gasteiger partial charge in [0, 0.05) is 13.0 Å². The average molecular weight is 519 g/mol. The van der Waals surface area contributed by atoms with Gasteiger partial charge < -0.3 is 29.6 Å². The predicted octanol–water partition coefficient (Wildman–Crippen LogP) is 2.54. The van der Waals surface area contributed by atoms with Gasteiger partial charge in [-0.05, 0) is 41.0 Å². The van der Waals surface area contributed by atoms with Gasteiger partial charge in [-0.15, -0.1) is 0 Å². The van der Waals surface area contributed by atoms with Crippen LogP contribution >= 0.6 is 0 Å². The molecule has 2 amide bonds. The summed E-state index contributed by atoms with van der Waals surface area (Å²) in [7, 11) is 3.11. The Morgan fingerprint density at radius 2 is 1.63 bits per heavy atom. The van der Waals surface area contributed by atoms with Crippen LogP contribution in [0, 0.1) is 5.41 Å². The molecule has 198 valence electrons. The molecule has 0 radical (unpaired) electrons. The summed E-state index contributed by atoms with van der Waals surface area (Å²) in [5.41, 5.74) is 2.44. The van der Waals surface area contributed by atoms with Gasteiger partial charge in [-0.1, -0.05) is 42.5 Å². The van der Waals surface area contributed by atoms with Crippen LogP contribution in [-0.4, -0.2) is 44.8 Å². The SMILES string of the molecule is COc1ccc(CNC(=O)[C@@H](Cc2ccccc2)NC(=N)NC(=O)Cc2ccc3c(c2)OCO3)cc1OC. The maximum absolute atomic E-state index is 13.2. The van der Waals surface area contributed by atoms with Gasteiger partial charge in [0.2, 0.25) is 18.6 Å². The number of amides is 2. The maximum atomic E-state index is 13.2. The monoisotopic (exact) mass is 518 g/mol. The molecule has 10 heteroatoms. The Labute approximate surface area is 220 Å². The van der Waals surface area contributed by atoms with Crippen molar-refractivity contribution in [2.45, 2.75) is 25.4 Å². The largest absolute Gasteiger partial charge is 0.493 e. The van der Waals surface area contributed by atoms with Crippen LogP contribution in [0.25, 0.3) is 0 Å². The Bertz CT molecular complexity index is 1300. The Balaban J connectivity index is 1.37. The van der Waals surface area contributed by atoms with Crippen molar-refractivity contribution < 1.29 is 28.5 Å². The number of nitrogens with one attached hydrogen (secondary N) is 4. The van der Waals surface area contributed by atoms with E-state index >= 15 is 0 Å². The van der Waals surface area contributed by atoms with Crippen LogP contribution in [0.4, 0.5) is 0 Å². The van der Waals surface area contributed by atoms with Crippen LogP contribution in [-0.2, 0) is 29.0 Å². The number of methoxy groups -OCH3 is 2. The fraction of sp³-hybridized carbons (Fsp3) is 0.250. The average Bonchev–Trinajstić information content (AvgIpc) is 3.39. The van der Waals surface area contributed by atoms with E-state index in [1.54, 1.807) is 44.6 Å². The Kier molecular flexibility index (Phi) is 8.65. The first kappa shape index (κ1) is 26.3. The number of benzene rings is 3. The van der Waals surface area contributed by atoms with Gasteiger partial charge in [-0.2, -0.15) is 0 Å². The minimum Gasteiger partial charge on any atom is -0.493 e. The van der Waals surface area contributed by atoms with Crippen molar-refractivity contribution in [2.75, 3.05) is 21.0 Å². The molecule has 1 aliphatic rings. The molecule has 1 aliphatic heterocycles. The van der Waals surface area contributed by atoms with Crippen molar-refractivity contribution in [1.82, 2.24) is 16.0 Å². The first-order valence-electron chi connectivity index (χ1n) is 12.0. The van der Waals surface area contributed by atoms with Gasteiger partial charge in [0.1, 0.15) is 6.04 Å². The number of rotatable bonds is 10. The normalized spacial score (nSPS) is 12.3. The van der Waals surface area contributed by atoms with E-state index in [-0.39, 0.29) is 31.6 Å². The standard InChI is InChI=1S/C28H30N4O6/c1-35-22-10-9-20(14-24(22)36-2)16-30-27(34)21(12-18-6-4-3-5-7-18)31-28(29)32-26(33)15-19-8-11-23-25(13-19)38-17-37-23/h3-11,13-14,21H,12,15-17H2,1-2H3,(H,30,34)(H3,29,31,32,33)/t21-/m1/s1. The highest BCUT2D eigenvalue weighted by atomic mass is 16.7. The van der Waals surface area contributed by atoms with Crippen molar-refractivity contribution in [3.05, 3.63) is 83.4 Å². The zero-order valence-corrected chi connectivity index (χ0v) is 21.2. The number of guanidine groups is 1. The Morgan fingerprint density at radius 3 is 2.39 bits per heavy atom. The van der Waals surface area contributed by atoms with E-state index < -0.39 is 11.9 Å². The molecule has 0 fully saturated rings. The van der Waals surface area contributed by atoms with Crippen LogP contribution < -0.4 is 34.9 Å². The molecule has 0 spiro atoms. The number of hydrogen-bond acceptors (Lipinski definition) is 7. The topological polar surface area (TPSA) is 131 Å². The molecule has 0 bridgehead atoms. The number of ether oxygens (including phenoxy) is 4. The molecular formula is C28H30N4O6. The second-order valence-electron chi connectivity index (χ2n) is 8.58. The maximum Gasteiger partial charge on any atom is 0.243 e. The van der Waals surface area contributed by atoms with E-state index in [1.807, 2.05) is 36.4 Å². The van der Waals surface area contributed by atoms with Crippen molar-refractivity contribution in [3.63, 3.8) is 0 Å². The van der Waals surface area contributed by atoms with Crippen molar-refractivity contribution >= 4 is 17.8 Å². The molecule has 10 nitrogen and oxygen atoms in total. The lowest BCUT2D eigenvalue weighted by molar-refractivity contribution is -0.123. The van der Waals surface area contributed by atoms with Gasteiger partial charge in [0.15, 0.2) is 29.0 Å². The summed E-state index contributed by atoms with van der Waals surface area (Å²) in [5, 5.41) is 16.6. The summed E-state index contributed by atoms with van der Waals surface area (Å²) >= 11 is 0. The summed E-state index contributed by atoms with van der Waals surface area (Å²) < 4.78 is 21.2. The predicted molar refractivity (Wildman–Crippen MR) is 141 cm³/mol. The molecule has 1 heterocycles. The van der Waals surface area contributed by atoms with Crippen LogP contribution in [0.3, 0.4) is 0 Å². The third kappa shape index (κ3) is 6.94. The van der Waals surface area contributed by atoms with Gasteiger partial charge in [0.05, 0.1) is 20.6 Å². The fourth-order valence-corrected chi connectivity index (χ4v) is 3.99. The number of fused-ring (bicyclic) bond motifs is 1. The summed E-state index contributed by atoms with van der Waals surface area (Å²) in [6.07, 6.45) is 0.356. The first-order chi connectivity index (χ1) is 18.4. The minimum absolute atomic E-state index is 0.0373. The van der Waals surface area contributed by atoms with Gasteiger partial charge in [-0.3, -0.25) is 20.3 Å². The lowest BCUT2D eigenvalue weighted by atomic mass is 10.1. The second kappa shape index (κ2) is 12.5. The van der Waals surface area contributed by atoms with E-state index in [9.17, 15) is 9.59 Å². The summed E-state index contributed by atoms with van der Waals surface area (Å²) in [5.74, 6) is 1.38. The molecule has 4 N–H and O–H groups in total. The van der Waals surface area contributed by atoms with Crippen LogP contribution in [0.15, 0.2) is 66.7 Å². The minimum atomic E-state index is -0.795. The van der Waals surface area contributed by atoms with Crippen LogP contribution in [0.2, 0.25) is 0 Å². The van der Waals surface area contributed by atoms with Gasteiger partial charge in [0.25, 0.3) is 0 Å². The zero-order valence-electron chi connectivity index (χ0n) is 21.2. The summed E-state index contributed by atoms with van der Waals surface area (Å²) in [4.78, 5) is 25.7. The molecule has 3 aromatic carbocycles. The molecular weight excluding hydrogens is 488 g/mol. The third-order valence-corrected chi connectivity index (χ3v) is 5.90. The van der Waals surface area contributed by atoms with Crippen molar-refractivity contribution in [3.8, 4) is 23.0 Å². The summed E-state index contributed by atoms with van der Waals surface area (Å²) in [6, 6.07) is 19.3. The molecule has 0 aromatic heterocycles. The molecule has 38 heavy (non-hydrogen) atoms. The van der Waals surface area contributed by atoms with Crippen molar-refractivity contribution in [2.24, 2.45) is 0 Å². The Morgan fingerprint density at radius 1 is 0.895 bits per heavy atom. The summed E-state index contributed by atoms with van der Waals surface area (Å²) in [6.45, 7) is 0.395. The van der Waals surface area contributed by atoms with Gasteiger partial charge in [-0.25, -0.2) is 0 Å². The fourth-order valence-electron chi connectivity index (χ4n) is 3.99. The lowest BCUT2D eigenvalue weighted by Crippen LogP contribution is -2.52. The molecule has 0 saturated carbocycles. The highest BCUT2D eigenvalue weighted by molar-refractivity contribution is 5.98. The second-order valence-corrected chi connectivity index (χ2v) is 8.58. The highest BCUT2D eigenvalue weighted by Crippen LogP contribution is 2.32. The lowest BCUT2D eigenvalue weighted by Gasteiger charge is -2.20. The molecule has 0 unspecified atom stereocenters. The number of hydrogen-bond donors (Lipinski definition) is 4. The molecule has 3 aromatic rings. The number of carbonyl (C=O) groups is 2. The van der Waals surface area contributed by atoms with Gasteiger partial charge >= 0.3 is 0 Å². The zero-order chi connectivity index (χ0) is 26.9. The molecule has 4 rings (SSSR count). The molecule has 0 aliphatic carbocycles. The van der Waals surface area contributed by atoms with Crippen LogP contribution in [0.5, 0.6) is 23.0 Å². The van der Waals surface area contributed by atoms with E-state index in [0.717, 1.165) is 11.1 Å². The smallest absolute Gasteiger partial charge is 0.243 e. The van der Waals surface area contributed by atoms with E-state index in [4.69, 9.17) is 24.4 Å². The van der Waals surface area contributed by atoms with E-state index in [2.05, 4.69) is 16.0 Å².